The molecular formula is C50H71N5O11. The summed E-state index contributed by atoms with van der Waals surface area (Å²) in [6, 6.07) is 12.2. The second-order valence-corrected chi connectivity index (χ2v) is 19.3. The van der Waals surface area contributed by atoms with Crippen molar-refractivity contribution in [3.63, 3.8) is 0 Å². The zero-order chi connectivity index (χ0) is 48.1. The van der Waals surface area contributed by atoms with Crippen LogP contribution >= 0.6 is 0 Å². The number of aryl methyl sites for hydroxylation is 1. The predicted octanol–water partition coefficient (Wildman–Crippen LogP) is 5.86. The van der Waals surface area contributed by atoms with Gasteiger partial charge < -0.3 is 38.4 Å². The van der Waals surface area contributed by atoms with Crippen molar-refractivity contribution < 1.29 is 52.7 Å². The Morgan fingerprint density at radius 1 is 1.02 bits per heavy atom. The van der Waals surface area contributed by atoms with Gasteiger partial charge in [0, 0.05) is 61.4 Å². The fraction of sp³-hybridized carbons (Fsp3) is 0.640. The number of ether oxygens (including phenoxy) is 6. The molecule has 0 unspecified atom stereocenters. The lowest BCUT2D eigenvalue weighted by molar-refractivity contribution is -0.301. The summed E-state index contributed by atoms with van der Waals surface area (Å²) in [7, 11) is 5.28. The molecule has 2 aromatic heterocycles. The molecule has 3 aliphatic heterocycles. The maximum Gasteiger partial charge on any atom is 0.425 e. The second-order valence-electron chi connectivity index (χ2n) is 19.3. The number of methoxy groups -OCH3 is 1. The minimum atomic E-state index is -1.49. The van der Waals surface area contributed by atoms with E-state index >= 15 is 4.79 Å². The molecule has 3 fully saturated rings. The second kappa shape index (κ2) is 21.6. The molecular weight excluding hydrogens is 847 g/mol. The van der Waals surface area contributed by atoms with E-state index in [-0.39, 0.29) is 37.2 Å². The van der Waals surface area contributed by atoms with E-state index in [2.05, 4.69) is 15.4 Å². The number of cyclic esters (lactones) is 1. The lowest BCUT2D eigenvalue weighted by Crippen LogP contribution is -2.62. The Bertz CT molecular complexity index is 2140. The third-order valence-electron chi connectivity index (χ3n) is 14.2. The number of amides is 1. The first-order chi connectivity index (χ1) is 31.3. The van der Waals surface area contributed by atoms with Crippen molar-refractivity contribution in [2.75, 3.05) is 27.7 Å². The normalized spacial score (nSPS) is 34.7. The molecule has 66 heavy (non-hydrogen) atoms. The number of nitrogens with zero attached hydrogens (tertiary/aromatic N) is 4. The van der Waals surface area contributed by atoms with E-state index < -0.39 is 89.7 Å². The Morgan fingerprint density at radius 3 is 2.44 bits per heavy atom. The van der Waals surface area contributed by atoms with Crippen molar-refractivity contribution in [2.45, 2.75) is 154 Å². The molecule has 16 nitrogen and oxygen atoms in total. The SMILES string of the molecule is CC[C@H]1OC(=O)[C@H](C)[C@@H](OC(=O)Cc2cccnc2)[C@H](C)[C@@H](O[C@@H]2O[C@H](C)C[C@H](N(C)C)[C@H]2O)[C@](C)(OC)C[C@@H](C)C(=O)[C@H](C)[C@H]2N(NCCCc3ccnc4ccccc34)C(=O)O[C@]12C. The molecule has 362 valence electrons. The van der Waals surface area contributed by atoms with Gasteiger partial charge in [-0.1, -0.05) is 52.0 Å². The number of ketones is 1. The number of aliphatic hydroxyl groups excluding tert-OH is 1. The van der Waals surface area contributed by atoms with Gasteiger partial charge in [-0.2, -0.15) is 0 Å². The fourth-order valence-corrected chi connectivity index (χ4v) is 10.6. The zero-order valence-corrected chi connectivity index (χ0v) is 40.5. The largest absolute Gasteiger partial charge is 0.461 e. The van der Waals surface area contributed by atoms with Crippen LogP contribution in [0.1, 0.15) is 92.2 Å². The number of fused-ring (bicyclic) bond motifs is 2. The molecule has 1 amide bonds. The van der Waals surface area contributed by atoms with Gasteiger partial charge in [0.05, 0.1) is 35.7 Å². The molecule has 14 atom stereocenters. The Kier molecular flexibility index (Phi) is 16.6. The summed E-state index contributed by atoms with van der Waals surface area (Å²) in [5.41, 5.74) is 3.13. The van der Waals surface area contributed by atoms with Crippen molar-refractivity contribution in [1.29, 1.82) is 0 Å². The minimum absolute atomic E-state index is 0.106. The van der Waals surface area contributed by atoms with Crippen LogP contribution in [0.4, 0.5) is 4.79 Å². The number of benzene rings is 1. The summed E-state index contributed by atoms with van der Waals surface area (Å²) in [6.07, 6.45) is 0.611. The standard InChI is InChI=1S/C50H71N5O11/c1-12-39-50(8)44(55(48(60)66-50)53-23-16-18-35-21-24-52-37-20-14-13-19-36(35)37)31(4)41(57)29(2)27-49(7,61-11)45(65-47-42(58)38(54(9)10)25-30(3)62-47)32(5)43(33(6)46(59)63-39)64-40(56)26-34-17-15-22-51-28-34/h13-15,17,19-22,24,28-33,38-39,42-45,47,53,58H,12,16,18,23,25-27H2,1-11H3/t29-,30-,31+,32+,33-,38+,39-,42-,43+,44-,45-,47+,49-,50-/m1/s1. The highest BCUT2D eigenvalue weighted by Gasteiger charge is 2.61. The van der Waals surface area contributed by atoms with Crippen LogP contribution in [0, 0.1) is 23.7 Å². The van der Waals surface area contributed by atoms with Crippen molar-refractivity contribution >= 4 is 34.7 Å². The van der Waals surface area contributed by atoms with E-state index in [9.17, 15) is 19.5 Å². The number of esters is 2. The van der Waals surface area contributed by atoms with E-state index in [0.717, 1.165) is 16.5 Å². The van der Waals surface area contributed by atoms with Gasteiger partial charge in [-0.25, -0.2) is 15.2 Å². The number of likely N-dealkylation sites (N-methyl/N-ethyl adjacent to an activating group) is 1. The number of aliphatic hydroxyl groups is 1. The molecule has 16 heteroatoms. The number of carbonyl (C=O) groups excluding carboxylic acids is 4. The first-order valence-corrected chi connectivity index (χ1v) is 23.4. The number of hydrazine groups is 1. The van der Waals surface area contributed by atoms with E-state index in [1.54, 1.807) is 58.4 Å². The highest BCUT2D eigenvalue weighted by molar-refractivity contribution is 5.85. The molecule has 6 rings (SSSR count). The average molecular weight is 918 g/mol. The van der Waals surface area contributed by atoms with E-state index in [1.807, 2.05) is 77.0 Å². The molecule has 3 aromatic rings. The molecule has 3 saturated heterocycles. The maximum absolute atomic E-state index is 15.0. The fourth-order valence-electron chi connectivity index (χ4n) is 10.6. The zero-order valence-electron chi connectivity index (χ0n) is 40.5. The van der Waals surface area contributed by atoms with Crippen LogP contribution in [0.15, 0.2) is 61.1 Å². The summed E-state index contributed by atoms with van der Waals surface area (Å²) >= 11 is 0. The van der Waals surface area contributed by atoms with Crippen molar-refractivity contribution in [1.82, 2.24) is 25.3 Å². The topological polar surface area (TPSA) is 188 Å². The van der Waals surface area contributed by atoms with Crippen molar-refractivity contribution in [3.05, 3.63) is 72.2 Å². The quantitative estimate of drug-likeness (QED) is 0.118. The van der Waals surface area contributed by atoms with Crippen LogP contribution in [0.2, 0.25) is 0 Å². The van der Waals surface area contributed by atoms with Gasteiger partial charge in [-0.15, -0.1) is 0 Å². The van der Waals surface area contributed by atoms with Crippen LogP contribution in [-0.4, -0.2) is 137 Å². The highest BCUT2D eigenvalue weighted by Crippen LogP contribution is 2.43. The third-order valence-corrected chi connectivity index (χ3v) is 14.2. The van der Waals surface area contributed by atoms with E-state index in [1.165, 1.54) is 12.1 Å². The van der Waals surface area contributed by atoms with Gasteiger partial charge in [0.1, 0.15) is 30.1 Å². The number of hydrogen-bond donors (Lipinski definition) is 2. The molecule has 0 radical (unpaired) electrons. The van der Waals surface area contributed by atoms with Crippen LogP contribution < -0.4 is 5.43 Å². The number of para-hydroxylation sites is 1. The number of rotatable bonds is 13. The minimum Gasteiger partial charge on any atom is -0.461 e. The summed E-state index contributed by atoms with van der Waals surface area (Å²) in [4.78, 5) is 68.2. The maximum atomic E-state index is 15.0. The van der Waals surface area contributed by atoms with Crippen LogP contribution in [0.3, 0.4) is 0 Å². The Morgan fingerprint density at radius 2 is 1.76 bits per heavy atom. The molecule has 0 spiro atoms. The monoisotopic (exact) mass is 918 g/mol. The lowest BCUT2D eigenvalue weighted by atomic mass is 9.73. The van der Waals surface area contributed by atoms with E-state index in [0.29, 0.717) is 31.4 Å². The van der Waals surface area contributed by atoms with E-state index in [4.69, 9.17) is 28.4 Å². The molecule has 5 heterocycles. The van der Waals surface area contributed by atoms with Crippen LogP contribution in [0.5, 0.6) is 0 Å². The summed E-state index contributed by atoms with van der Waals surface area (Å²) < 4.78 is 38.5. The predicted molar refractivity (Wildman–Crippen MR) is 246 cm³/mol. The average Bonchev–Trinajstić information content (AvgIpc) is 3.56. The lowest BCUT2D eigenvalue weighted by Gasteiger charge is -2.48. The number of carbonyl (C=O) groups is 4. The number of hydrogen-bond acceptors (Lipinski definition) is 15. The van der Waals surface area contributed by atoms with Gasteiger partial charge in [-0.3, -0.25) is 24.4 Å². The summed E-state index contributed by atoms with van der Waals surface area (Å²) in [5, 5.41) is 14.2. The van der Waals surface area contributed by atoms with Crippen LogP contribution in [-0.2, 0) is 55.6 Å². The summed E-state index contributed by atoms with van der Waals surface area (Å²) in [6.45, 7) is 14.6. The number of nitrogens with one attached hydrogen (secondary N) is 1. The summed E-state index contributed by atoms with van der Waals surface area (Å²) in [5.74, 6) is -4.94. The van der Waals surface area contributed by atoms with Crippen molar-refractivity contribution in [2.24, 2.45) is 23.7 Å². The molecule has 2 N–H and O–H groups in total. The van der Waals surface area contributed by atoms with Gasteiger partial charge in [-0.05, 0) is 103 Å². The molecule has 0 saturated carbocycles. The molecule has 1 aromatic carbocycles. The Labute approximate surface area is 389 Å². The first-order valence-electron chi connectivity index (χ1n) is 23.4. The molecule has 0 aliphatic carbocycles. The number of Topliss-reactive ketones (excluding diaryl/α,β-unsaturated/α-hetero) is 1. The Hall–Kier alpha value is -4.58. The van der Waals surface area contributed by atoms with Gasteiger partial charge in [0.2, 0.25) is 0 Å². The highest BCUT2D eigenvalue weighted by atomic mass is 16.7. The molecule has 3 aliphatic rings. The number of aromatic nitrogens is 2. The van der Waals surface area contributed by atoms with Gasteiger partial charge >= 0.3 is 18.0 Å². The first kappa shape index (κ1) is 50.8. The van der Waals surface area contributed by atoms with Gasteiger partial charge in [0.25, 0.3) is 0 Å². The smallest absolute Gasteiger partial charge is 0.425 e. The van der Waals surface area contributed by atoms with Gasteiger partial charge in [0.15, 0.2) is 11.9 Å². The Balaban J connectivity index is 1.37. The van der Waals surface area contributed by atoms with Crippen molar-refractivity contribution in [3.8, 4) is 0 Å². The van der Waals surface area contributed by atoms with Crippen LogP contribution in [0.25, 0.3) is 10.9 Å². The number of pyridine rings is 2. The molecule has 0 bridgehead atoms. The third kappa shape index (κ3) is 10.9.